The highest BCUT2D eigenvalue weighted by atomic mass is 16.5. The normalized spacial score (nSPS) is 16.0. The Hall–Kier alpha value is -1.26. The number of likely N-dealkylation sites (N-methyl/N-ethyl adjacent to an activating group) is 1. The molecule has 0 saturated heterocycles. The maximum Gasteiger partial charge on any atom is 0.161 e. The Morgan fingerprint density at radius 3 is 2.21 bits per heavy atom. The Balaban J connectivity index is 3.20. The van der Waals surface area contributed by atoms with E-state index in [9.17, 15) is 0 Å². The second-order valence-electron chi connectivity index (χ2n) is 5.24. The average molecular weight is 266 g/mol. The lowest BCUT2D eigenvalue weighted by Gasteiger charge is -2.38. The summed E-state index contributed by atoms with van der Waals surface area (Å²) >= 11 is 0. The fourth-order valence-corrected chi connectivity index (χ4v) is 2.69. The minimum Gasteiger partial charge on any atom is -0.493 e. The lowest BCUT2D eigenvalue weighted by Crippen LogP contribution is -2.51. The Bertz CT molecular complexity index is 417. The van der Waals surface area contributed by atoms with Crippen LogP contribution in [-0.4, -0.2) is 39.3 Å². The number of rotatable bonds is 6. The SMILES string of the molecule is CCC(N(C)C)C(C)(N)c1ccc(OC)c(OC)c1. The Morgan fingerprint density at radius 1 is 1.21 bits per heavy atom. The molecule has 0 aliphatic carbocycles. The lowest BCUT2D eigenvalue weighted by molar-refractivity contribution is 0.183. The molecule has 0 saturated carbocycles. The summed E-state index contributed by atoms with van der Waals surface area (Å²) < 4.78 is 10.6. The van der Waals surface area contributed by atoms with Crippen molar-refractivity contribution in [3.63, 3.8) is 0 Å². The van der Waals surface area contributed by atoms with Crippen molar-refractivity contribution < 1.29 is 9.47 Å². The number of nitrogens with two attached hydrogens (primary N) is 1. The smallest absolute Gasteiger partial charge is 0.161 e. The van der Waals surface area contributed by atoms with Crippen LogP contribution in [0.5, 0.6) is 11.5 Å². The van der Waals surface area contributed by atoms with Crippen molar-refractivity contribution in [3.05, 3.63) is 23.8 Å². The minimum atomic E-state index is -0.447. The van der Waals surface area contributed by atoms with E-state index in [1.165, 1.54) is 0 Å². The highest BCUT2D eigenvalue weighted by Crippen LogP contribution is 2.34. The van der Waals surface area contributed by atoms with E-state index >= 15 is 0 Å². The first-order valence-electron chi connectivity index (χ1n) is 6.56. The van der Waals surface area contributed by atoms with Gasteiger partial charge in [-0.2, -0.15) is 0 Å². The minimum absolute atomic E-state index is 0.255. The van der Waals surface area contributed by atoms with Gasteiger partial charge in [-0.3, -0.25) is 0 Å². The molecule has 0 amide bonds. The molecule has 0 aliphatic heterocycles. The average Bonchev–Trinajstić information content (AvgIpc) is 2.37. The third-order valence-corrected chi connectivity index (χ3v) is 3.71. The second-order valence-corrected chi connectivity index (χ2v) is 5.24. The zero-order chi connectivity index (χ0) is 14.6. The molecule has 0 fully saturated rings. The second kappa shape index (κ2) is 6.26. The van der Waals surface area contributed by atoms with Gasteiger partial charge in [0.25, 0.3) is 0 Å². The Labute approximate surface area is 116 Å². The first-order chi connectivity index (χ1) is 8.88. The first-order valence-corrected chi connectivity index (χ1v) is 6.56. The monoisotopic (exact) mass is 266 g/mol. The number of nitrogens with zero attached hydrogens (tertiary/aromatic N) is 1. The molecular weight excluding hydrogens is 240 g/mol. The molecule has 2 atom stereocenters. The molecule has 0 radical (unpaired) electrons. The van der Waals surface area contributed by atoms with Gasteiger partial charge in [0.1, 0.15) is 0 Å². The number of ether oxygens (including phenoxy) is 2. The number of benzene rings is 1. The van der Waals surface area contributed by atoms with Crippen LogP contribution in [0.15, 0.2) is 18.2 Å². The van der Waals surface area contributed by atoms with Crippen LogP contribution < -0.4 is 15.2 Å². The summed E-state index contributed by atoms with van der Waals surface area (Å²) in [5, 5.41) is 0. The van der Waals surface area contributed by atoms with E-state index in [2.05, 4.69) is 32.8 Å². The fourth-order valence-electron chi connectivity index (χ4n) is 2.69. The lowest BCUT2D eigenvalue weighted by atomic mass is 9.83. The largest absolute Gasteiger partial charge is 0.493 e. The zero-order valence-electron chi connectivity index (χ0n) is 12.9. The molecule has 0 bridgehead atoms. The van der Waals surface area contributed by atoms with Gasteiger partial charge in [-0.1, -0.05) is 13.0 Å². The highest BCUT2D eigenvalue weighted by Gasteiger charge is 2.32. The van der Waals surface area contributed by atoms with E-state index in [-0.39, 0.29) is 6.04 Å². The zero-order valence-corrected chi connectivity index (χ0v) is 12.9. The van der Waals surface area contributed by atoms with Gasteiger partial charge in [0.2, 0.25) is 0 Å². The molecule has 0 aromatic heterocycles. The van der Waals surface area contributed by atoms with Crippen molar-refractivity contribution in [3.8, 4) is 11.5 Å². The Kier molecular flexibility index (Phi) is 5.20. The van der Waals surface area contributed by atoms with Crippen molar-refractivity contribution in [1.82, 2.24) is 4.90 Å². The van der Waals surface area contributed by atoms with Crippen LogP contribution in [0.2, 0.25) is 0 Å². The molecule has 2 N–H and O–H groups in total. The van der Waals surface area contributed by atoms with Crippen LogP contribution in [-0.2, 0) is 5.54 Å². The topological polar surface area (TPSA) is 47.7 Å². The highest BCUT2D eigenvalue weighted by molar-refractivity contribution is 5.45. The van der Waals surface area contributed by atoms with Crippen molar-refractivity contribution in [2.45, 2.75) is 31.8 Å². The van der Waals surface area contributed by atoms with Gasteiger partial charge >= 0.3 is 0 Å². The molecule has 1 aromatic carbocycles. The quantitative estimate of drug-likeness (QED) is 0.857. The van der Waals surface area contributed by atoms with Crippen LogP contribution in [0.1, 0.15) is 25.8 Å². The number of hydrogen-bond donors (Lipinski definition) is 1. The molecule has 4 nitrogen and oxygen atoms in total. The molecule has 0 spiro atoms. The van der Waals surface area contributed by atoms with Gasteiger partial charge in [-0.05, 0) is 45.1 Å². The summed E-state index contributed by atoms with van der Waals surface area (Å²) in [4.78, 5) is 2.16. The van der Waals surface area contributed by atoms with E-state index < -0.39 is 5.54 Å². The maximum atomic E-state index is 6.57. The summed E-state index contributed by atoms with van der Waals surface area (Å²) in [5.41, 5.74) is 7.17. The van der Waals surface area contributed by atoms with E-state index in [4.69, 9.17) is 15.2 Å². The molecule has 108 valence electrons. The van der Waals surface area contributed by atoms with Crippen LogP contribution in [0.25, 0.3) is 0 Å². The van der Waals surface area contributed by atoms with Crippen molar-refractivity contribution in [2.24, 2.45) is 5.73 Å². The van der Waals surface area contributed by atoms with Crippen LogP contribution in [0.3, 0.4) is 0 Å². The van der Waals surface area contributed by atoms with Gasteiger partial charge in [0.05, 0.1) is 19.8 Å². The summed E-state index contributed by atoms with van der Waals surface area (Å²) in [6.45, 7) is 4.21. The molecule has 0 aliphatic rings. The standard InChI is InChI=1S/C15H26N2O2/c1-7-14(17(3)4)15(2,16)11-8-9-12(18-5)13(10-11)19-6/h8-10,14H,7,16H2,1-6H3. The van der Waals surface area contributed by atoms with Gasteiger partial charge in [-0.15, -0.1) is 0 Å². The van der Waals surface area contributed by atoms with Gasteiger partial charge in [0, 0.05) is 6.04 Å². The van der Waals surface area contributed by atoms with Gasteiger partial charge in [0.15, 0.2) is 11.5 Å². The van der Waals surface area contributed by atoms with E-state index in [0.29, 0.717) is 5.75 Å². The van der Waals surface area contributed by atoms with Crippen LogP contribution in [0, 0.1) is 0 Å². The van der Waals surface area contributed by atoms with Crippen LogP contribution >= 0.6 is 0 Å². The third-order valence-electron chi connectivity index (χ3n) is 3.71. The predicted octanol–water partition coefficient (Wildman–Crippen LogP) is 2.22. The summed E-state index contributed by atoms with van der Waals surface area (Å²) in [6.07, 6.45) is 0.981. The molecule has 19 heavy (non-hydrogen) atoms. The summed E-state index contributed by atoms with van der Waals surface area (Å²) in [7, 11) is 7.38. The van der Waals surface area contributed by atoms with Crippen molar-refractivity contribution >= 4 is 0 Å². The fraction of sp³-hybridized carbons (Fsp3) is 0.600. The molecule has 1 aromatic rings. The maximum absolute atomic E-state index is 6.57. The first kappa shape index (κ1) is 15.8. The predicted molar refractivity (Wildman–Crippen MR) is 78.9 cm³/mol. The molecular formula is C15H26N2O2. The summed E-state index contributed by atoms with van der Waals surface area (Å²) in [5.74, 6) is 1.44. The molecule has 1 rings (SSSR count). The third kappa shape index (κ3) is 3.19. The van der Waals surface area contributed by atoms with Crippen molar-refractivity contribution in [1.29, 1.82) is 0 Å². The summed E-state index contributed by atoms with van der Waals surface area (Å²) in [6, 6.07) is 6.13. The molecule has 2 unspecified atom stereocenters. The Morgan fingerprint density at radius 2 is 1.79 bits per heavy atom. The van der Waals surface area contributed by atoms with E-state index in [1.807, 2.05) is 18.2 Å². The van der Waals surface area contributed by atoms with Gasteiger partial charge in [-0.25, -0.2) is 0 Å². The molecule has 0 heterocycles. The number of methoxy groups -OCH3 is 2. The van der Waals surface area contributed by atoms with Gasteiger partial charge < -0.3 is 20.1 Å². The van der Waals surface area contributed by atoms with Crippen molar-refractivity contribution in [2.75, 3.05) is 28.3 Å². The molecule has 4 heteroatoms. The number of hydrogen-bond acceptors (Lipinski definition) is 4. The van der Waals surface area contributed by atoms with E-state index in [0.717, 1.165) is 17.7 Å². The van der Waals surface area contributed by atoms with E-state index in [1.54, 1.807) is 14.2 Å². The van der Waals surface area contributed by atoms with Crippen LogP contribution in [0.4, 0.5) is 0 Å².